The van der Waals surface area contributed by atoms with Crippen molar-refractivity contribution < 1.29 is 4.39 Å². The fourth-order valence-corrected chi connectivity index (χ4v) is 2.96. The van der Waals surface area contributed by atoms with Crippen LogP contribution < -0.4 is 5.73 Å². The number of hydrogen-bond acceptors (Lipinski definition) is 1. The minimum Gasteiger partial charge on any atom is -0.324 e. The number of nitrogens with two attached hydrogens (primary N) is 1. The van der Waals surface area contributed by atoms with Gasteiger partial charge in [-0.3, -0.25) is 0 Å². The van der Waals surface area contributed by atoms with E-state index >= 15 is 0 Å². The summed E-state index contributed by atoms with van der Waals surface area (Å²) in [6.07, 6.45) is 0.378. The Morgan fingerprint density at radius 1 is 1.21 bits per heavy atom. The molecule has 0 aliphatic carbocycles. The molecule has 0 saturated carbocycles. The predicted molar refractivity (Wildman–Crippen MR) is 86.2 cm³/mol. The van der Waals surface area contributed by atoms with Crippen LogP contribution in [0.2, 0.25) is 10.0 Å². The molecule has 0 radical (unpaired) electrons. The number of benzene rings is 2. The number of hydrogen-bond donors (Lipinski definition) is 1. The molecule has 1 nitrogen and oxygen atoms in total. The predicted octanol–water partition coefficient (Wildman–Crippen LogP) is 4.98. The first-order chi connectivity index (χ1) is 8.99. The lowest BCUT2D eigenvalue weighted by molar-refractivity contribution is 0.593. The summed E-state index contributed by atoms with van der Waals surface area (Å²) in [5.74, 6) is -0.406. The van der Waals surface area contributed by atoms with E-state index in [4.69, 9.17) is 28.9 Å². The first kappa shape index (κ1) is 15.0. The van der Waals surface area contributed by atoms with Crippen LogP contribution in [0, 0.1) is 9.39 Å². The van der Waals surface area contributed by atoms with Gasteiger partial charge in [-0.1, -0.05) is 35.3 Å². The molecule has 100 valence electrons. The maximum atomic E-state index is 13.8. The molecule has 2 aromatic rings. The largest absolute Gasteiger partial charge is 0.324 e. The molecule has 5 heteroatoms. The zero-order valence-corrected chi connectivity index (χ0v) is 13.5. The SMILES string of the molecule is NC(Cc1cccc(Cl)c1F)c1cc(Cl)ccc1I. The molecule has 2 N–H and O–H groups in total. The topological polar surface area (TPSA) is 26.0 Å². The van der Waals surface area contributed by atoms with E-state index in [-0.39, 0.29) is 11.1 Å². The molecule has 0 aliphatic rings. The molecule has 1 unspecified atom stereocenters. The lowest BCUT2D eigenvalue weighted by Crippen LogP contribution is -2.15. The van der Waals surface area contributed by atoms with Gasteiger partial charge in [0.05, 0.1) is 5.02 Å². The van der Waals surface area contributed by atoms with Crippen LogP contribution in [0.3, 0.4) is 0 Å². The first-order valence-corrected chi connectivity index (χ1v) is 7.46. The summed E-state index contributed by atoms with van der Waals surface area (Å²) in [5, 5.41) is 0.739. The van der Waals surface area contributed by atoms with E-state index in [0.29, 0.717) is 17.0 Å². The van der Waals surface area contributed by atoms with Gasteiger partial charge in [0.1, 0.15) is 5.82 Å². The van der Waals surface area contributed by atoms with Crippen LogP contribution in [0.1, 0.15) is 17.2 Å². The van der Waals surface area contributed by atoms with Gasteiger partial charge in [0.2, 0.25) is 0 Å². The van der Waals surface area contributed by atoms with Crippen LogP contribution in [-0.2, 0) is 6.42 Å². The van der Waals surface area contributed by atoms with E-state index in [9.17, 15) is 4.39 Å². The lowest BCUT2D eigenvalue weighted by atomic mass is 9.99. The second-order valence-electron chi connectivity index (χ2n) is 4.19. The smallest absolute Gasteiger partial charge is 0.145 e. The van der Waals surface area contributed by atoms with Crippen molar-refractivity contribution in [2.45, 2.75) is 12.5 Å². The van der Waals surface area contributed by atoms with E-state index < -0.39 is 5.82 Å². The van der Waals surface area contributed by atoms with Crippen molar-refractivity contribution in [3.63, 3.8) is 0 Å². The Hall–Kier alpha value is -0.360. The Labute approximate surface area is 135 Å². The molecule has 0 spiro atoms. The van der Waals surface area contributed by atoms with Gasteiger partial charge < -0.3 is 5.73 Å². The van der Waals surface area contributed by atoms with Crippen molar-refractivity contribution in [1.29, 1.82) is 0 Å². The highest BCUT2D eigenvalue weighted by Crippen LogP contribution is 2.27. The molecule has 0 fully saturated rings. The van der Waals surface area contributed by atoms with Crippen molar-refractivity contribution >= 4 is 45.8 Å². The van der Waals surface area contributed by atoms with Gasteiger partial charge in [0.15, 0.2) is 0 Å². The summed E-state index contributed by atoms with van der Waals surface area (Å²) >= 11 is 13.9. The summed E-state index contributed by atoms with van der Waals surface area (Å²) in [6.45, 7) is 0. The van der Waals surface area contributed by atoms with E-state index in [1.165, 1.54) is 6.07 Å². The van der Waals surface area contributed by atoms with Gasteiger partial charge in [0, 0.05) is 14.6 Å². The zero-order chi connectivity index (χ0) is 14.0. The van der Waals surface area contributed by atoms with Crippen LogP contribution in [-0.4, -0.2) is 0 Å². The molecule has 0 aromatic heterocycles. The van der Waals surface area contributed by atoms with Crippen molar-refractivity contribution in [1.82, 2.24) is 0 Å². The Balaban J connectivity index is 2.28. The van der Waals surface area contributed by atoms with E-state index in [0.717, 1.165) is 9.13 Å². The normalized spacial score (nSPS) is 12.5. The second kappa shape index (κ2) is 6.39. The molecule has 0 saturated heterocycles. The highest BCUT2D eigenvalue weighted by atomic mass is 127. The summed E-state index contributed by atoms with van der Waals surface area (Å²) in [7, 11) is 0. The third-order valence-electron chi connectivity index (χ3n) is 2.83. The number of rotatable bonds is 3. The Morgan fingerprint density at radius 2 is 1.95 bits per heavy atom. The molecule has 0 amide bonds. The molecular weight excluding hydrogens is 399 g/mol. The first-order valence-electron chi connectivity index (χ1n) is 5.62. The Kier molecular flexibility index (Phi) is 5.06. The van der Waals surface area contributed by atoms with Crippen LogP contribution in [0.25, 0.3) is 0 Å². The maximum absolute atomic E-state index is 13.8. The molecule has 2 aromatic carbocycles. The van der Waals surface area contributed by atoms with E-state index in [1.807, 2.05) is 12.1 Å². The standard InChI is InChI=1S/C14H11Cl2FIN/c15-9-4-5-12(18)10(7-9)13(19)6-8-2-1-3-11(16)14(8)17/h1-5,7,13H,6,19H2. The Bertz CT molecular complexity index is 604. The van der Waals surface area contributed by atoms with Gasteiger partial charge in [-0.15, -0.1) is 0 Å². The van der Waals surface area contributed by atoms with Crippen LogP contribution in [0.15, 0.2) is 36.4 Å². The van der Waals surface area contributed by atoms with Gasteiger partial charge in [0.25, 0.3) is 0 Å². The van der Waals surface area contributed by atoms with Gasteiger partial charge in [-0.05, 0) is 64.4 Å². The summed E-state index contributed by atoms with van der Waals surface area (Å²) in [6, 6.07) is 10.1. The Morgan fingerprint density at radius 3 is 2.68 bits per heavy atom. The van der Waals surface area contributed by atoms with Crippen molar-refractivity contribution in [2.75, 3.05) is 0 Å². The second-order valence-corrected chi connectivity index (χ2v) is 6.20. The van der Waals surface area contributed by atoms with Crippen molar-refractivity contribution in [2.24, 2.45) is 5.73 Å². The molecule has 0 aliphatic heterocycles. The minimum atomic E-state index is -0.406. The van der Waals surface area contributed by atoms with Gasteiger partial charge in [-0.2, -0.15) is 0 Å². The highest BCUT2D eigenvalue weighted by Gasteiger charge is 2.14. The van der Waals surface area contributed by atoms with Crippen LogP contribution in [0.4, 0.5) is 4.39 Å². The molecule has 19 heavy (non-hydrogen) atoms. The minimum absolute atomic E-state index is 0.116. The average molecular weight is 410 g/mol. The summed E-state index contributed by atoms with van der Waals surface area (Å²) in [5.41, 5.74) is 7.56. The van der Waals surface area contributed by atoms with Crippen molar-refractivity contribution in [3.8, 4) is 0 Å². The molecular formula is C14H11Cl2FIN. The monoisotopic (exact) mass is 409 g/mol. The molecule has 2 rings (SSSR count). The molecule has 0 heterocycles. The van der Waals surface area contributed by atoms with Crippen LogP contribution >= 0.6 is 45.8 Å². The quantitative estimate of drug-likeness (QED) is 0.711. The maximum Gasteiger partial charge on any atom is 0.145 e. The van der Waals surface area contributed by atoms with Gasteiger partial charge >= 0.3 is 0 Å². The third kappa shape index (κ3) is 3.60. The fourth-order valence-electron chi connectivity index (χ4n) is 1.85. The fraction of sp³-hybridized carbons (Fsp3) is 0.143. The highest BCUT2D eigenvalue weighted by molar-refractivity contribution is 14.1. The molecule has 1 atom stereocenters. The summed E-state index contributed by atoms with van der Waals surface area (Å²) < 4.78 is 14.9. The average Bonchev–Trinajstić information content (AvgIpc) is 2.38. The zero-order valence-electron chi connectivity index (χ0n) is 9.84. The van der Waals surface area contributed by atoms with Crippen LogP contribution in [0.5, 0.6) is 0 Å². The summed E-state index contributed by atoms with van der Waals surface area (Å²) in [4.78, 5) is 0. The third-order valence-corrected chi connectivity index (χ3v) is 4.34. The lowest BCUT2D eigenvalue weighted by Gasteiger charge is -2.15. The molecule has 0 bridgehead atoms. The van der Waals surface area contributed by atoms with Gasteiger partial charge in [-0.25, -0.2) is 4.39 Å². The van der Waals surface area contributed by atoms with E-state index in [2.05, 4.69) is 22.6 Å². The number of halogens is 4. The van der Waals surface area contributed by atoms with E-state index in [1.54, 1.807) is 18.2 Å². The van der Waals surface area contributed by atoms with Crippen molar-refractivity contribution in [3.05, 3.63) is 67.0 Å².